The Hall–Kier alpha value is -1.49. The van der Waals surface area contributed by atoms with E-state index in [0.29, 0.717) is 0 Å². The van der Waals surface area contributed by atoms with Crippen LogP contribution in [0.3, 0.4) is 0 Å². The Bertz CT molecular complexity index is 474. The van der Waals surface area contributed by atoms with Crippen LogP contribution in [0.5, 0.6) is 0 Å². The molecular weight excluding hydrogens is 226 g/mol. The van der Waals surface area contributed by atoms with Crippen LogP contribution in [0.1, 0.15) is 6.92 Å². The minimum Gasteiger partial charge on any atom is -0.480 e. The van der Waals surface area contributed by atoms with Crippen LogP contribution in [0, 0.1) is 0 Å². The predicted octanol–water partition coefficient (Wildman–Crippen LogP) is 1.60. The first-order valence-electron chi connectivity index (χ1n) is 4.76. The van der Waals surface area contributed by atoms with Gasteiger partial charge in [-0.05, 0) is 19.1 Å². The molecule has 0 saturated heterocycles. The summed E-state index contributed by atoms with van der Waals surface area (Å²) in [6, 6.07) is 7.29. The molecule has 1 amide bonds. The third-order valence-corrected chi connectivity index (χ3v) is 3.98. The lowest BCUT2D eigenvalue weighted by Gasteiger charge is -2.35. The Morgan fingerprint density at radius 2 is 2.06 bits per heavy atom. The second-order valence-corrected chi connectivity index (χ2v) is 5.23. The minimum absolute atomic E-state index is 0.399. The van der Waals surface area contributed by atoms with E-state index in [-0.39, 0.29) is 0 Å². The van der Waals surface area contributed by atoms with Gasteiger partial charge in [-0.2, -0.15) is 0 Å². The summed E-state index contributed by atoms with van der Waals surface area (Å²) in [5, 5.41) is 9.14. The number of hydrogen-bond donors (Lipinski definition) is 1. The normalized spacial score (nSPS) is 24.1. The number of benzene rings is 1. The van der Waals surface area contributed by atoms with Gasteiger partial charge in [0.05, 0.1) is 5.69 Å². The Labute approximate surface area is 97.3 Å². The van der Waals surface area contributed by atoms with Crippen molar-refractivity contribution in [2.24, 2.45) is 0 Å². The Balaban J connectivity index is 2.55. The van der Waals surface area contributed by atoms with E-state index in [1.165, 1.54) is 11.8 Å². The molecule has 1 aliphatic heterocycles. The highest BCUT2D eigenvalue weighted by Gasteiger charge is 2.48. The van der Waals surface area contributed by atoms with E-state index in [0.717, 1.165) is 22.3 Å². The number of hydrogen-bond acceptors (Lipinski definition) is 3. The summed E-state index contributed by atoms with van der Waals surface area (Å²) in [5.74, 6) is -1.51. The van der Waals surface area contributed by atoms with Crippen molar-refractivity contribution in [1.82, 2.24) is 0 Å². The van der Waals surface area contributed by atoms with Crippen LogP contribution in [0.15, 0.2) is 29.2 Å². The van der Waals surface area contributed by atoms with E-state index in [1.54, 1.807) is 7.05 Å². The molecule has 1 aromatic carbocycles. The number of carboxylic acid groups (broad SMARTS) is 1. The second kappa shape index (κ2) is 3.52. The number of fused-ring (bicyclic) bond motifs is 1. The fraction of sp³-hybridized carbons (Fsp3) is 0.273. The van der Waals surface area contributed by atoms with Crippen molar-refractivity contribution in [3.05, 3.63) is 24.3 Å². The number of para-hydroxylation sites is 1. The first-order chi connectivity index (χ1) is 7.47. The SMILES string of the molecule is CN1C(=O)C(C)(C(=O)O)Sc2ccccc21. The van der Waals surface area contributed by atoms with Crippen molar-refractivity contribution in [3.8, 4) is 0 Å². The van der Waals surface area contributed by atoms with Crippen molar-refractivity contribution in [3.63, 3.8) is 0 Å². The van der Waals surface area contributed by atoms with Gasteiger partial charge in [0.25, 0.3) is 5.91 Å². The van der Waals surface area contributed by atoms with Crippen LogP contribution < -0.4 is 4.90 Å². The summed E-state index contributed by atoms with van der Waals surface area (Å²) in [6.07, 6.45) is 0. The Kier molecular flexibility index (Phi) is 2.42. The second-order valence-electron chi connectivity index (χ2n) is 3.77. The van der Waals surface area contributed by atoms with Gasteiger partial charge in [-0.1, -0.05) is 23.9 Å². The van der Waals surface area contributed by atoms with Gasteiger partial charge in [0.15, 0.2) is 4.75 Å². The van der Waals surface area contributed by atoms with Crippen LogP contribution in [0.2, 0.25) is 0 Å². The third-order valence-electron chi connectivity index (χ3n) is 2.66. The monoisotopic (exact) mass is 237 g/mol. The number of nitrogens with zero attached hydrogens (tertiary/aromatic N) is 1. The van der Waals surface area contributed by atoms with Crippen LogP contribution in [-0.4, -0.2) is 28.8 Å². The highest BCUT2D eigenvalue weighted by molar-refractivity contribution is 8.02. The first kappa shape index (κ1) is 11.0. The number of aliphatic carboxylic acids is 1. The maximum atomic E-state index is 12.0. The number of rotatable bonds is 1. The van der Waals surface area contributed by atoms with E-state index >= 15 is 0 Å². The van der Waals surface area contributed by atoms with Crippen LogP contribution >= 0.6 is 11.8 Å². The molecule has 1 aliphatic rings. The number of carbonyl (C=O) groups excluding carboxylic acids is 1. The smallest absolute Gasteiger partial charge is 0.329 e. The molecule has 0 radical (unpaired) electrons. The largest absolute Gasteiger partial charge is 0.480 e. The summed E-state index contributed by atoms with van der Waals surface area (Å²) in [4.78, 5) is 25.4. The van der Waals surface area contributed by atoms with E-state index in [1.807, 2.05) is 24.3 Å². The fourth-order valence-electron chi connectivity index (χ4n) is 1.65. The van der Waals surface area contributed by atoms with Gasteiger partial charge in [0, 0.05) is 11.9 Å². The van der Waals surface area contributed by atoms with Gasteiger partial charge in [0.1, 0.15) is 0 Å². The van der Waals surface area contributed by atoms with Crippen molar-refractivity contribution in [2.75, 3.05) is 11.9 Å². The van der Waals surface area contributed by atoms with Gasteiger partial charge >= 0.3 is 5.97 Å². The number of carboxylic acids is 1. The molecule has 1 atom stereocenters. The molecule has 0 bridgehead atoms. The zero-order valence-corrected chi connectivity index (χ0v) is 9.75. The van der Waals surface area contributed by atoms with E-state index in [4.69, 9.17) is 5.11 Å². The van der Waals surface area contributed by atoms with Gasteiger partial charge in [0.2, 0.25) is 0 Å². The van der Waals surface area contributed by atoms with Crippen molar-refractivity contribution in [1.29, 1.82) is 0 Å². The molecule has 0 saturated carbocycles. The van der Waals surface area contributed by atoms with Crippen LogP contribution in [0.4, 0.5) is 5.69 Å². The quantitative estimate of drug-likeness (QED) is 0.754. The number of thioether (sulfide) groups is 1. The number of anilines is 1. The summed E-state index contributed by atoms with van der Waals surface area (Å²) in [7, 11) is 1.60. The zero-order valence-electron chi connectivity index (χ0n) is 8.93. The Morgan fingerprint density at radius 1 is 1.44 bits per heavy atom. The molecule has 0 aromatic heterocycles. The lowest BCUT2D eigenvalue weighted by molar-refractivity contribution is -0.143. The summed E-state index contributed by atoms with van der Waals surface area (Å²) in [5.41, 5.74) is 0.760. The van der Waals surface area contributed by atoms with E-state index < -0.39 is 16.6 Å². The number of carbonyl (C=O) groups is 2. The molecule has 0 aliphatic carbocycles. The molecule has 0 spiro atoms. The zero-order chi connectivity index (χ0) is 11.9. The molecule has 1 heterocycles. The fourth-order valence-corrected chi connectivity index (χ4v) is 2.86. The molecule has 4 nitrogen and oxygen atoms in total. The van der Waals surface area contributed by atoms with Crippen molar-refractivity contribution < 1.29 is 14.7 Å². The van der Waals surface area contributed by atoms with E-state index in [2.05, 4.69) is 0 Å². The van der Waals surface area contributed by atoms with Gasteiger partial charge < -0.3 is 10.0 Å². The van der Waals surface area contributed by atoms with Gasteiger partial charge in [-0.25, -0.2) is 0 Å². The summed E-state index contributed by atoms with van der Waals surface area (Å²) >= 11 is 1.09. The average molecular weight is 237 g/mol. The molecule has 84 valence electrons. The lowest BCUT2D eigenvalue weighted by atomic mass is 10.1. The predicted molar refractivity (Wildman–Crippen MR) is 61.7 cm³/mol. The van der Waals surface area contributed by atoms with Crippen LogP contribution in [0.25, 0.3) is 0 Å². The van der Waals surface area contributed by atoms with Gasteiger partial charge in [-0.15, -0.1) is 0 Å². The standard InChI is InChI=1S/C11H11NO3S/c1-11(10(14)15)9(13)12(2)7-5-3-4-6-8(7)16-11/h3-6H,1-2H3,(H,14,15). The molecule has 1 aromatic rings. The third kappa shape index (κ3) is 1.39. The lowest BCUT2D eigenvalue weighted by Crippen LogP contribution is -2.51. The van der Waals surface area contributed by atoms with Crippen molar-refractivity contribution >= 4 is 29.3 Å². The highest BCUT2D eigenvalue weighted by atomic mass is 32.2. The Morgan fingerprint density at radius 3 is 2.69 bits per heavy atom. The maximum absolute atomic E-state index is 12.0. The van der Waals surface area contributed by atoms with E-state index in [9.17, 15) is 9.59 Å². The number of amides is 1. The maximum Gasteiger partial charge on any atom is 0.329 e. The molecule has 1 N–H and O–H groups in total. The minimum atomic E-state index is -1.43. The van der Waals surface area contributed by atoms with Crippen molar-refractivity contribution in [2.45, 2.75) is 16.6 Å². The summed E-state index contributed by atoms with van der Waals surface area (Å²) < 4.78 is -1.43. The molecule has 5 heteroatoms. The highest BCUT2D eigenvalue weighted by Crippen LogP contribution is 2.44. The first-order valence-corrected chi connectivity index (χ1v) is 5.58. The molecular formula is C11H11NO3S. The van der Waals surface area contributed by atoms with Gasteiger partial charge in [-0.3, -0.25) is 9.59 Å². The molecule has 2 rings (SSSR count). The average Bonchev–Trinajstić information content (AvgIpc) is 2.26. The van der Waals surface area contributed by atoms with Crippen LogP contribution in [-0.2, 0) is 9.59 Å². The molecule has 1 unspecified atom stereocenters. The molecule has 16 heavy (non-hydrogen) atoms. The topological polar surface area (TPSA) is 57.6 Å². The molecule has 0 fully saturated rings. The summed E-state index contributed by atoms with van der Waals surface area (Å²) in [6.45, 7) is 1.44.